The summed E-state index contributed by atoms with van der Waals surface area (Å²) in [6.07, 6.45) is 1.38. The average Bonchev–Trinajstić information content (AvgIpc) is 2.79. The molecule has 0 spiro atoms. The monoisotopic (exact) mass is 346 g/mol. The van der Waals surface area contributed by atoms with E-state index in [0.717, 1.165) is 35.1 Å². The molecule has 3 aromatic rings. The van der Waals surface area contributed by atoms with E-state index in [4.69, 9.17) is 0 Å². The molecule has 0 amide bonds. The number of aryl methyl sites for hydroxylation is 3. The molecule has 0 bridgehead atoms. The molecule has 2 heteroatoms. The number of halogens is 2. The molecule has 1 aliphatic carbocycles. The highest BCUT2D eigenvalue weighted by molar-refractivity contribution is 5.94. The summed E-state index contributed by atoms with van der Waals surface area (Å²) >= 11 is 0. The van der Waals surface area contributed by atoms with Gasteiger partial charge in [-0.05, 0) is 65.3 Å². The third-order valence-electron chi connectivity index (χ3n) is 5.00. The van der Waals surface area contributed by atoms with E-state index in [2.05, 4.69) is 43.3 Å². The van der Waals surface area contributed by atoms with Crippen molar-refractivity contribution in [3.63, 3.8) is 0 Å². The van der Waals surface area contributed by atoms with Crippen LogP contribution in [0.2, 0.25) is 0 Å². The number of fused-ring (bicyclic) bond motifs is 2. The number of rotatable bonds is 2. The lowest BCUT2D eigenvalue weighted by Gasteiger charge is -2.13. The molecular formula is C24H20F2. The van der Waals surface area contributed by atoms with Gasteiger partial charge in [-0.25, -0.2) is 8.78 Å². The smallest absolute Gasteiger partial charge is 0.205 e. The zero-order valence-electron chi connectivity index (χ0n) is 14.7. The molecule has 3 aromatic carbocycles. The van der Waals surface area contributed by atoms with Crippen molar-refractivity contribution in [2.24, 2.45) is 0 Å². The highest BCUT2D eigenvalue weighted by Crippen LogP contribution is 2.36. The van der Waals surface area contributed by atoms with Crippen molar-refractivity contribution in [3.8, 4) is 0 Å². The minimum absolute atomic E-state index is 0.101. The lowest BCUT2D eigenvalue weighted by atomic mass is 9.91. The minimum atomic E-state index is -2.44. The first-order valence-electron chi connectivity index (χ1n) is 8.90. The van der Waals surface area contributed by atoms with Crippen molar-refractivity contribution >= 4 is 11.6 Å². The van der Waals surface area contributed by atoms with Crippen LogP contribution in [-0.4, -0.2) is 0 Å². The Morgan fingerprint density at radius 3 is 2.38 bits per heavy atom. The molecule has 0 fully saturated rings. The number of alkyl halides is 2. The van der Waals surface area contributed by atoms with Crippen molar-refractivity contribution in [2.45, 2.75) is 26.2 Å². The third-order valence-corrected chi connectivity index (χ3v) is 5.00. The molecule has 0 N–H and O–H groups in total. The number of hydrogen-bond acceptors (Lipinski definition) is 0. The van der Waals surface area contributed by atoms with Crippen molar-refractivity contribution in [3.05, 3.63) is 106 Å². The topological polar surface area (TPSA) is 0 Å². The molecule has 0 heterocycles. The van der Waals surface area contributed by atoms with E-state index in [0.29, 0.717) is 0 Å². The van der Waals surface area contributed by atoms with E-state index in [1.165, 1.54) is 16.7 Å². The van der Waals surface area contributed by atoms with Gasteiger partial charge in [0.05, 0.1) is 0 Å². The molecule has 0 radical (unpaired) electrons. The molecule has 0 aromatic heterocycles. The van der Waals surface area contributed by atoms with Crippen LogP contribution in [0, 0.1) is 6.92 Å². The fourth-order valence-electron chi connectivity index (χ4n) is 3.72. The summed E-state index contributed by atoms with van der Waals surface area (Å²) in [7, 11) is 0. The maximum Gasteiger partial charge on any atom is 0.263 e. The Labute approximate surface area is 152 Å². The highest BCUT2D eigenvalue weighted by Gasteiger charge is 2.19. The largest absolute Gasteiger partial charge is 0.263 e. The van der Waals surface area contributed by atoms with Crippen LogP contribution < -0.4 is 0 Å². The van der Waals surface area contributed by atoms with Gasteiger partial charge >= 0.3 is 0 Å². The fraction of sp³-hybridized carbons (Fsp3) is 0.167. The lowest BCUT2D eigenvalue weighted by Crippen LogP contribution is -1.95. The fourth-order valence-corrected chi connectivity index (χ4v) is 3.72. The molecule has 0 atom stereocenters. The quantitative estimate of drug-likeness (QED) is 0.489. The summed E-state index contributed by atoms with van der Waals surface area (Å²) in [6.45, 7) is 2.08. The van der Waals surface area contributed by atoms with Gasteiger partial charge in [0.2, 0.25) is 0 Å². The predicted octanol–water partition coefficient (Wildman–Crippen LogP) is 6.62. The average molecular weight is 346 g/mol. The van der Waals surface area contributed by atoms with E-state index in [-0.39, 0.29) is 5.56 Å². The first-order chi connectivity index (χ1) is 12.6. The summed E-state index contributed by atoms with van der Waals surface area (Å²) < 4.78 is 26.4. The third kappa shape index (κ3) is 3.20. The molecule has 0 saturated heterocycles. The first-order valence-corrected chi connectivity index (χ1v) is 8.90. The van der Waals surface area contributed by atoms with E-state index in [1.54, 1.807) is 12.1 Å². The van der Waals surface area contributed by atoms with Crippen LogP contribution in [0.25, 0.3) is 11.6 Å². The Balaban J connectivity index is 1.94. The molecule has 130 valence electrons. The van der Waals surface area contributed by atoms with Crippen LogP contribution >= 0.6 is 0 Å². The van der Waals surface area contributed by atoms with Crippen LogP contribution in [0.15, 0.2) is 66.7 Å². The Bertz CT molecular complexity index is 983. The van der Waals surface area contributed by atoms with Crippen molar-refractivity contribution in [1.82, 2.24) is 0 Å². The van der Waals surface area contributed by atoms with Gasteiger partial charge in [-0.1, -0.05) is 66.2 Å². The maximum absolute atomic E-state index is 13.2. The highest BCUT2D eigenvalue weighted by atomic mass is 19.3. The second kappa shape index (κ2) is 6.87. The van der Waals surface area contributed by atoms with E-state index < -0.39 is 6.43 Å². The molecule has 0 saturated carbocycles. The molecular weight excluding hydrogens is 326 g/mol. The zero-order chi connectivity index (χ0) is 18.1. The van der Waals surface area contributed by atoms with Crippen LogP contribution in [0.3, 0.4) is 0 Å². The Morgan fingerprint density at radius 1 is 0.808 bits per heavy atom. The van der Waals surface area contributed by atoms with Gasteiger partial charge in [0.15, 0.2) is 0 Å². The summed E-state index contributed by atoms with van der Waals surface area (Å²) in [5.41, 5.74) is 8.05. The molecule has 4 rings (SSSR count). The number of hydrogen-bond donors (Lipinski definition) is 0. The summed E-state index contributed by atoms with van der Waals surface area (Å²) in [6, 6.07) is 21.8. The summed E-state index contributed by atoms with van der Waals surface area (Å²) in [4.78, 5) is 0. The van der Waals surface area contributed by atoms with Crippen molar-refractivity contribution in [1.29, 1.82) is 0 Å². The zero-order valence-corrected chi connectivity index (χ0v) is 14.7. The number of benzene rings is 3. The maximum atomic E-state index is 13.2. The molecule has 26 heavy (non-hydrogen) atoms. The van der Waals surface area contributed by atoms with Crippen LogP contribution in [0.5, 0.6) is 0 Å². The van der Waals surface area contributed by atoms with Gasteiger partial charge in [-0.3, -0.25) is 0 Å². The molecule has 0 aliphatic heterocycles. The van der Waals surface area contributed by atoms with E-state index in [9.17, 15) is 8.78 Å². The normalized spacial score (nSPS) is 14.8. The molecule has 1 aliphatic rings. The van der Waals surface area contributed by atoms with Crippen LogP contribution in [0.1, 0.15) is 45.4 Å². The van der Waals surface area contributed by atoms with Gasteiger partial charge in [-0.15, -0.1) is 0 Å². The summed E-state index contributed by atoms with van der Waals surface area (Å²) in [5, 5.41) is 0. The Kier molecular flexibility index (Phi) is 4.42. The second-order valence-electron chi connectivity index (χ2n) is 6.85. The van der Waals surface area contributed by atoms with E-state index >= 15 is 0 Å². The van der Waals surface area contributed by atoms with E-state index in [1.807, 2.05) is 24.3 Å². The first kappa shape index (κ1) is 16.7. The second-order valence-corrected chi connectivity index (χ2v) is 6.85. The Morgan fingerprint density at radius 2 is 1.58 bits per heavy atom. The minimum Gasteiger partial charge on any atom is -0.205 e. The van der Waals surface area contributed by atoms with Gasteiger partial charge in [0.25, 0.3) is 6.43 Å². The van der Waals surface area contributed by atoms with Crippen molar-refractivity contribution < 1.29 is 8.78 Å². The SMILES string of the molecule is Cc1cccc(C=C2c3ccccc3CCc3cc(C(F)F)ccc32)c1. The van der Waals surface area contributed by atoms with Crippen molar-refractivity contribution in [2.75, 3.05) is 0 Å². The van der Waals surface area contributed by atoms with Gasteiger partial charge in [0.1, 0.15) is 0 Å². The van der Waals surface area contributed by atoms with Gasteiger partial charge in [0, 0.05) is 5.56 Å². The van der Waals surface area contributed by atoms with Gasteiger partial charge in [-0.2, -0.15) is 0 Å². The van der Waals surface area contributed by atoms with Crippen LogP contribution in [0.4, 0.5) is 8.78 Å². The van der Waals surface area contributed by atoms with Gasteiger partial charge < -0.3 is 0 Å². The molecule has 0 unspecified atom stereocenters. The van der Waals surface area contributed by atoms with Crippen LogP contribution in [-0.2, 0) is 12.8 Å². The molecule has 0 nitrogen and oxygen atoms in total. The standard InChI is InChI=1S/C24H20F2/c1-16-5-4-6-17(13-16)14-23-21-8-3-2-7-18(21)9-10-19-15-20(24(25)26)11-12-22(19)23/h2-8,11-15,24H,9-10H2,1H3. The Hall–Kier alpha value is -2.74. The predicted molar refractivity (Wildman–Crippen MR) is 103 cm³/mol. The lowest BCUT2D eigenvalue weighted by molar-refractivity contribution is 0.151. The summed E-state index contributed by atoms with van der Waals surface area (Å²) in [5.74, 6) is 0.